The van der Waals surface area contributed by atoms with Crippen LogP contribution in [0.25, 0.3) is 0 Å². The van der Waals surface area contributed by atoms with Gasteiger partial charge in [0, 0.05) is 28.3 Å². The first-order valence-corrected chi connectivity index (χ1v) is 7.16. The molecule has 106 valence electrons. The van der Waals surface area contributed by atoms with Crippen molar-refractivity contribution in [1.82, 2.24) is 0 Å². The number of nitrogens with zero attached hydrogens (tertiary/aromatic N) is 1. The van der Waals surface area contributed by atoms with E-state index in [9.17, 15) is 5.11 Å². The summed E-state index contributed by atoms with van der Waals surface area (Å²) in [6.45, 7) is 2.05. The molecule has 0 aliphatic carbocycles. The number of hydrogen-bond donors (Lipinski definition) is 1. The van der Waals surface area contributed by atoms with Gasteiger partial charge in [0.25, 0.3) is 0 Å². The van der Waals surface area contributed by atoms with Crippen LogP contribution in [0.2, 0.25) is 10.0 Å². The van der Waals surface area contributed by atoms with Crippen molar-refractivity contribution in [3.05, 3.63) is 63.6 Å². The predicted octanol–water partition coefficient (Wildman–Crippen LogP) is 4.68. The molecule has 1 atom stereocenters. The summed E-state index contributed by atoms with van der Waals surface area (Å²) in [5, 5.41) is 10.9. The zero-order valence-corrected chi connectivity index (χ0v) is 13.0. The molecule has 0 amide bonds. The minimum Gasteiger partial charge on any atom is -0.392 e. The van der Waals surface area contributed by atoms with E-state index < -0.39 is 0 Å². The quantitative estimate of drug-likeness (QED) is 0.886. The van der Waals surface area contributed by atoms with Gasteiger partial charge in [0.2, 0.25) is 0 Å². The molecule has 2 rings (SSSR count). The lowest BCUT2D eigenvalue weighted by molar-refractivity contribution is 0.282. The van der Waals surface area contributed by atoms with E-state index in [1.165, 1.54) is 0 Å². The summed E-state index contributed by atoms with van der Waals surface area (Å²) >= 11 is 12.3. The Morgan fingerprint density at radius 1 is 1.15 bits per heavy atom. The molecule has 0 fully saturated rings. The van der Waals surface area contributed by atoms with Gasteiger partial charge >= 0.3 is 0 Å². The maximum atomic E-state index is 9.47. The third kappa shape index (κ3) is 3.09. The standard InChI is InChI=1S/C16H17Cl2NO/c1-11(14-5-3-4-6-15(14)18)19(2)16-9-13(17)8-7-12(16)10-20/h3-9,11,20H,10H2,1-2H3. The van der Waals surface area contributed by atoms with E-state index in [1.807, 2.05) is 43.4 Å². The van der Waals surface area contributed by atoms with Gasteiger partial charge in [0.05, 0.1) is 12.6 Å². The zero-order valence-electron chi connectivity index (χ0n) is 11.5. The van der Waals surface area contributed by atoms with Crippen LogP contribution in [-0.4, -0.2) is 12.2 Å². The number of aliphatic hydroxyl groups is 1. The molecular formula is C16H17Cl2NO. The lowest BCUT2D eigenvalue weighted by atomic mass is 10.1. The summed E-state index contributed by atoms with van der Waals surface area (Å²) in [4.78, 5) is 2.07. The number of anilines is 1. The van der Waals surface area contributed by atoms with Crippen molar-refractivity contribution < 1.29 is 5.11 Å². The van der Waals surface area contributed by atoms with Gasteiger partial charge in [-0.3, -0.25) is 0 Å². The Balaban J connectivity index is 2.38. The Morgan fingerprint density at radius 2 is 1.85 bits per heavy atom. The van der Waals surface area contributed by atoms with Crippen LogP contribution in [0.1, 0.15) is 24.1 Å². The maximum absolute atomic E-state index is 9.47. The van der Waals surface area contributed by atoms with Crippen LogP contribution in [0.3, 0.4) is 0 Å². The summed E-state index contributed by atoms with van der Waals surface area (Å²) in [5.41, 5.74) is 2.80. The molecule has 0 heterocycles. The van der Waals surface area contributed by atoms with Crippen LogP contribution >= 0.6 is 23.2 Å². The van der Waals surface area contributed by atoms with Crippen molar-refractivity contribution in [2.75, 3.05) is 11.9 Å². The van der Waals surface area contributed by atoms with Gasteiger partial charge in [-0.25, -0.2) is 0 Å². The van der Waals surface area contributed by atoms with E-state index in [0.717, 1.165) is 21.8 Å². The van der Waals surface area contributed by atoms with E-state index >= 15 is 0 Å². The molecule has 20 heavy (non-hydrogen) atoms. The molecule has 1 unspecified atom stereocenters. The van der Waals surface area contributed by atoms with Crippen LogP contribution in [0.4, 0.5) is 5.69 Å². The van der Waals surface area contributed by atoms with Gasteiger partial charge in [-0.1, -0.05) is 47.5 Å². The Bertz CT molecular complexity index is 601. The Kier molecular flexibility index (Phi) is 4.92. The molecule has 0 spiro atoms. The van der Waals surface area contributed by atoms with E-state index in [2.05, 4.69) is 11.8 Å². The Labute approximate surface area is 129 Å². The van der Waals surface area contributed by atoms with E-state index in [0.29, 0.717) is 5.02 Å². The lowest BCUT2D eigenvalue weighted by Crippen LogP contribution is -2.23. The molecule has 2 aromatic carbocycles. The fraction of sp³-hybridized carbons (Fsp3) is 0.250. The molecule has 0 bridgehead atoms. The summed E-state index contributed by atoms with van der Waals surface area (Å²) in [6.07, 6.45) is 0. The van der Waals surface area contributed by atoms with Crippen LogP contribution in [0.15, 0.2) is 42.5 Å². The predicted molar refractivity (Wildman–Crippen MR) is 85.6 cm³/mol. The summed E-state index contributed by atoms with van der Waals surface area (Å²) < 4.78 is 0. The van der Waals surface area contributed by atoms with Crippen molar-refractivity contribution >= 4 is 28.9 Å². The highest BCUT2D eigenvalue weighted by atomic mass is 35.5. The SMILES string of the molecule is CC(c1ccccc1Cl)N(C)c1cc(Cl)ccc1CO. The first kappa shape index (κ1) is 15.2. The number of hydrogen-bond acceptors (Lipinski definition) is 2. The summed E-state index contributed by atoms with van der Waals surface area (Å²) in [7, 11) is 1.97. The van der Waals surface area contributed by atoms with Crippen LogP contribution in [0.5, 0.6) is 0 Å². The number of benzene rings is 2. The summed E-state index contributed by atoms with van der Waals surface area (Å²) in [6, 6.07) is 13.3. The molecule has 0 radical (unpaired) electrons. The molecule has 0 saturated heterocycles. The molecule has 2 nitrogen and oxygen atoms in total. The highest BCUT2D eigenvalue weighted by Crippen LogP contribution is 2.33. The second-order valence-corrected chi connectivity index (χ2v) is 5.58. The second kappa shape index (κ2) is 6.49. The van der Waals surface area contributed by atoms with Gasteiger partial charge < -0.3 is 10.0 Å². The minimum absolute atomic E-state index is 0.0217. The average Bonchev–Trinajstić information content (AvgIpc) is 2.46. The topological polar surface area (TPSA) is 23.5 Å². The lowest BCUT2D eigenvalue weighted by Gasteiger charge is -2.30. The third-order valence-electron chi connectivity index (χ3n) is 3.53. The third-order valence-corrected chi connectivity index (χ3v) is 4.11. The number of aliphatic hydroxyl groups excluding tert-OH is 1. The van der Waals surface area contributed by atoms with Gasteiger partial charge in [-0.05, 0) is 30.7 Å². The number of rotatable bonds is 4. The molecule has 1 N–H and O–H groups in total. The normalized spacial score (nSPS) is 12.2. The summed E-state index contributed by atoms with van der Waals surface area (Å²) in [5.74, 6) is 0. The highest BCUT2D eigenvalue weighted by Gasteiger charge is 2.17. The minimum atomic E-state index is -0.0217. The second-order valence-electron chi connectivity index (χ2n) is 4.74. The van der Waals surface area contributed by atoms with Gasteiger partial charge in [-0.15, -0.1) is 0 Å². The molecular weight excluding hydrogens is 293 g/mol. The van der Waals surface area contributed by atoms with Crippen LogP contribution in [-0.2, 0) is 6.61 Å². The molecule has 4 heteroatoms. The molecule has 0 aliphatic heterocycles. The average molecular weight is 310 g/mol. The molecule has 2 aromatic rings. The first-order chi connectivity index (χ1) is 9.54. The van der Waals surface area contributed by atoms with Crippen molar-refractivity contribution in [3.63, 3.8) is 0 Å². The largest absolute Gasteiger partial charge is 0.392 e. The smallest absolute Gasteiger partial charge is 0.0702 e. The Morgan fingerprint density at radius 3 is 2.50 bits per heavy atom. The Hall–Kier alpha value is -1.22. The van der Waals surface area contributed by atoms with Crippen LogP contribution in [0, 0.1) is 0 Å². The van der Waals surface area contributed by atoms with Crippen molar-refractivity contribution in [1.29, 1.82) is 0 Å². The van der Waals surface area contributed by atoms with Gasteiger partial charge in [0.15, 0.2) is 0 Å². The zero-order chi connectivity index (χ0) is 14.7. The van der Waals surface area contributed by atoms with Gasteiger partial charge in [0.1, 0.15) is 0 Å². The van der Waals surface area contributed by atoms with Crippen molar-refractivity contribution in [3.8, 4) is 0 Å². The highest BCUT2D eigenvalue weighted by molar-refractivity contribution is 6.31. The monoisotopic (exact) mass is 309 g/mol. The number of halogens is 2. The van der Waals surface area contributed by atoms with Crippen LogP contribution < -0.4 is 4.90 Å². The molecule has 0 aromatic heterocycles. The van der Waals surface area contributed by atoms with Gasteiger partial charge in [-0.2, -0.15) is 0 Å². The van der Waals surface area contributed by atoms with Crippen molar-refractivity contribution in [2.45, 2.75) is 19.6 Å². The molecule has 0 aliphatic rings. The maximum Gasteiger partial charge on any atom is 0.0702 e. The van der Waals surface area contributed by atoms with E-state index in [4.69, 9.17) is 23.2 Å². The van der Waals surface area contributed by atoms with E-state index in [1.54, 1.807) is 6.07 Å². The fourth-order valence-electron chi connectivity index (χ4n) is 2.23. The van der Waals surface area contributed by atoms with E-state index in [-0.39, 0.29) is 12.6 Å². The first-order valence-electron chi connectivity index (χ1n) is 6.41. The fourth-order valence-corrected chi connectivity index (χ4v) is 2.69. The van der Waals surface area contributed by atoms with Crippen molar-refractivity contribution in [2.24, 2.45) is 0 Å². The molecule has 0 saturated carbocycles.